The van der Waals surface area contributed by atoms with Crippen molar-refractivity contribution in [3.63, 3.8) is 0 Å². The molecule has 0 bridgehead atoms. The maximum atomic E-state index is 13.2. The molecule has 1 N–H and O–H groups in total. The van der Waals surface area contributed by atoms with Crippen molar-refractivity contribution < 1.29 is 18.5 Å². The molecule has 0 aliphatic rings. The molecule has 0 saturated heterocycles. The summed E-state index contributed by atoms with van der Waals surface area (Å²) in [5.74, 6) is -3.70. The zero-order valence-electron chi connectivity index (χ0n) is 10.1. The SMILES string of the molecule is O=C(Nc1cccnc1Br)c1cc(F)c(F)cc1[N+](=O)[O-]. The maximum Gasteiger partial charge on any atom is 0.285 e. The summed E-state index contributed by atoms with van der Waals surface area (Å²) in [6.45, 7) is 0. The van der Waals surface area contributed by atoms with Gasteiger partial charge in [-0.25, -0.2) is 13.8 Å². The molecular formula is C12H6BrF2N3O3. The standard InChI is InChI=1S/C12H6BrF2N3O3/c13-11-9(2-1-3-16-11)17-12(19)6-4-7(14)8(15)5-10(6)18(20)21/h1-5H,(H,17,19). The number of aromatic nitrogens is 1. The minimum atomic E-state index is -1.40. The number of nitrogens with one attached hydrogen (secondary N) is 1. The number of nitro groups is 1. The van der Waals surface area contributed by atoms with Gasteiger partial charge in [0.05, 0.1) is 16.7 Å². The van der Waals surface area contributed by atoms with Crippen LogP contribution in [0.5, 0.6) is 0 Å². The minimum absolute atomic E-state index is 0.238. The third-order valence-electron chi connectivity index (χ3n) is 2.49. The first-order chi connectivity index (χ1) is 9.90. The van der Waals surface area contributed by atoms with E-state index in [1.54, 1.807) is 0 Å². The van der Waals surface area contributed by atoms with E-state index in [-0.39, 0.29) is 5.69 Å². The number of pyridine rings is 1. The predicted molar refractivity (Wildman–Crippen MR) is 72.9 cm³/mol. The fourth-order valence-electron chi connectivity index (χ4n) is 1.54. The van der Waals surface area contributed by atoms with Gasteiger partial charge in [-0.1, -0.05) is 0 Å². The maximum absolute atomic E-state index is 13.2. The van der Waals surface area contributed by atoms with E-state index < -0.39 is 33.7 Å². The third-order valence-corrected chi connectivity index (χ3v) is 3.12. The van der Waals surface area contributed by atoms with Gasteiger partial charge in [0.1, 0.15) is 10.2 Å². The Hall–Kier alpha value is -2.42. The second-order valence-electron chi connectivity index (χ2n) is 3.84. The fraction of sp³-hybridized carbons (Fsp3) is 0. The summed E-state index contributed by atoms with van der Waals surface area (Å²) in [5, 5.41) is 13.2. The van der Waals surface area contributed by atoms with Gasteiger partial charge in [-0.3, -0.25) is 14.9 Å². The van der Waals surface area contributed by atoms with Crippen molar-refractivity contribution >= 4 is 33.2 Å². The molecule has 0 saturated carbocycles. The van der Waals surface area contributed by atoms with Gasteiger partial charge in [-0.2, -0.15) is 0 Å². The summed E-state index contributed by atoms with van der Waals surface area (Å²) in [7, 11) is 0. The number of halogens is 3. The van der Waals surface area contributed by atoms with Crippen LogP contribution in [-0.4, -0.2) is 15.8 Å². The van der Waals surface area contributed by atoms with Crippen LogP contribution in [0.2, 0.25) is 0 Å². The number of nitro benzene ring substituents is 1. The van der Waals surface area contributed by atoms with E-state index in [1.807, 2.05) is 0 Å². The second kappa shape index (κ2) is 5.92. The van der Waals surface area contributed by atoms with Crippen molar-refractivity contribution in [2.24, 2.45) is 0 Å². The molecule has 1 aromatic heterocycles. The van der Waals surface area contributed by atoms with Gasteiger partial charge in [-0.05, 0) is 34.1 Å². The fourth-order valence-corrected chi connectivity index (χ4v) is 1.89. The number of rotatable bonds is 3. The normalized spacial score (nSPS) is 10.2. The van der Waals surface area contributed by atoms with Gasteiger partial charge in [0.2, 0.25) is 0 Å². The molecule has 1 heterocycles. The molecule has 0 fully saturated rings. The molecule has 0 atom stereocenters. The highest BCUT2D eigenvalue weighted by molar-refractivity contribution is 9.10. The topological polar surface area (TPSA) is 85.1 Å². The van der Waals surface area contributed by atoms with Crippen LogP contribution in [0.1, 0.15) is 10.4 Å². The minimum Gasteiger partial charge on any atom is -0.319 e. The number of nitrogens with zero attached hydrogens (tertiary/aromatic N) is 2. The summed E-state index contributed by atoms with van der Waals surface area (Å²) < 4.78 is 26.5. The lowest BCUT2D eigenvalue weighted by Crippen LogP contribution is -2.15. The Kier molecular flexibility index (Phi) is 4.22. The van der Waals surface area contributed by atoms with Crippen molar-refractivity contribution in [2.75, 3.05) is 5.32 Å². The van der Waals surface area contributed by atoms with Crippen molar-refractivity contribution in [1.82, 2.24) is 4.98 Å². The number of anilines is 1. The number of hydrogen-bond donors (Lipinski definition) is 1. The van der Waals surface area contributed by atoms with E-state index in [0.717, 1.165) is 0 Å². The molecule has 21 heavy (non-hydrogen) atoms. The number of carbonyl (C=O) groups is 1. The first-order valence-electron chi connectivity index (χ1n) is 5.45. The highest BCUT2D eigenvalue weighted by Gasteiger charge is 2.24. The Morgan fingerprint density at radius 1 is 1.33 bits per heavy atom. The molecule has 0 radical (unpaired) electrons. The lowest BCUT2D eigenvalue weighted by Gasteiger charge is -2.07. The van der Waals surface area contributed by atoms with Crippen LogP contribution < -0.4 is 5.32 Å². The molecule has 2 rings (SSSR count). The molecule has 0 aliphatic carbocycles. The molecule has 1 aromatic carbocycles. The summed E-state index contributed by atoms with van der Waals surface area (Å²) in [4.78, 5) is 25.7. The summed E-state index contributed by atoms with van der Waals surface area (Å²) >= 11 is 3.08. The average Bonchev–Trinajstić information content (AvgIpc) is 2.43. The van der Waals surface area contributed by atoms with Crippen LogP contribution in [0, 0.1) is 21.7 Å². The van der Waals surface area contributed by atoms with Crippen LogP contribution in [0.4, 0.5) is 20.2 Å². The lowest BCUT2D eigenvalue weighted by atomic mass is 10.1. The van der Waals surface area contributed by atoms with Gasteiger partial charge >= 0.3 is 0 Å². The van der Waals surface area contributed by atoms with Crippen molar-refractivity contribution in [3.05, 3.63) is 62.4 Å². The zero-order valence-corrected chi connectivity index (χ0v) is 11.7. The second-order valence-corrected chi connectivity index (χ2v) is 4.59. The van der Waals surface area contributed by atoms with E-state index in [4.69, 9.17) is 0 Å². The van der Waals surface area contributed by atoms with E-state index in [2.05, 4.69) is 26.2 Å². The van der Waals surface area contributed by atoms with Gasteiger partial charge in [-0.15, -0.1) is 0 Å². The largest absolute Gasteiger partial charge is 0.319 e. The zero-order chi connectivity index (χ0) is 15.6. The molecule has 2 aromatic rings. The van der Waals surface area contributed by atoms with E-state index >= 15 is 0 Å². The molecule has 6 nitrogen and oxygen atoms in total. The van der Waals surface area contributed by atoms with E-state index in [1.165, 1.54) is 18.3 Å². The van der Waals surface area contributed by atoms with Crippen LogP contribution in [-0.2, 0) is 0 Å². The third kappa shape index (κ3) is 3.19. The Balaban J connectivity index is 2.42. The molecule has 108 valence electrons. The summed E-state index contributed by atoms with van der Waals surface area (Å²) in [6.07, 6.45) is 1.46. The van der Waals surface area contributed by atoms with Gasteiger partial charge in [0.15, 0.2) is 11.6 Å². The molecule has 1 amide bonds. The number of benzene rings is 1. The van der Waals surface area contributed by atoms with E-state index in [0.29, 0.717) is 16.7 Å². The Morgan fingerprint density at radius 3 is 2.62 bits per heavy atom. The monoisotopic (exact) mass is 357 g/mol. The van der Waals surface area contributed by atoms with Gasteiger partial charge in [0.25, 0.3) is 11.6 Å². The molecule has 9 heteroatoms. The van der Waals surface area contributed by atoms with E-state index in [9.17, 15) is 23.7 Å². The average molecular weight is 358 g/mol. The highest BCUT2D eigenvalue weighted by atomic mass is 79.9. The summed E-state index contributed by atoms with van der Waals surface area (Å²) in [6, 6.07) is 3.86. The Morgan fingerprint density at radius 2 is 2.00 bits per heavy atom. The predicted octanol–water partition coefficient (Wildman–Crippen LogP) is 3.28. The Bertz CT molecular complexity index is 740. The number of hydrogen-bond acceptors (Lipinski definition) is 4. The van der Waals surface area contributed by atoms with Crippen molar-refractivity contribution in [2.45, 2.75) is 0 Å². The van der Waals surface area contributed by atoms with Crippen LogP contribution in [0.3, 0.4) is 0 Å². The molecule has 0 spiro atoms. The summed E-state index contributed by atoms with van der Waals surface area (Å²) in [5.41, 5.74) is -1.18. The van der Waals surface area contributed by atoms with Gasteiger partial charge in [0, 0.05) is 6.20 Å². The van der Waals surface area contributed by atoms with Crippen LogP contribution >= 0.6 is 15.9 Å². The first kappa shape index (κ1) is 15.0. The lowest BCUT2D eigenvalue weighted by molar-refractivity contribution is -0.385. The molecule has 0 aliphatic heterocycles. The van der Waals surface area contributed by atoms with Crippen LogP contribution in [0.25, 0.3) is 0 Å². The number of amides is 1. The molecule has 0 unspecified atom stereocenters. The van der Waals surface area contributed by atoms with Crippen molar-refractivity contribution in [1.29, 1.82) is 0 Å². The van der Waals surface area contributed by atoms with Crippen LogP contribution in [0.15, 0.2) is 35.1 Å². The highest BCUT2D eigenvalue weighted by Crippen LogP contribution is 2.25. The first-order valence-corrected chi connectivity index (χ1v) is 6.24. The Labute approximate surface area is 125 Å². The van der Waals surface area contributed by atoms with Gasteiger partial charge < -0.3 is 5.32 Å². The quantitative estimate of drug-likeness (QED) is 0.518. The smallest absolute Gasteiger partial charge is 0.285 e. The molecular weight excluding hydrogens is 352 g/mol. The van der Waals surface area contributed by atoms with Crippen molar-refractivity contribution in [3.8, 4) is 0 Å². The number of carbonyl (C=O) groups excluding carboxylic acids is 1.